The van der Waals surface area contributed by atoms with Crippen molar-refractivity contribution in [2.75, 3.05) is 38.2 Å². The second-order valence-electron chi connectivity index (χ2n) is 5.02. The fourth-order valence-electron chi connectivity index (χ4n) is 2.06. The van der Waals surface area contributed by atoms with E-state index in [0.717, 1.165) is 24.8 Å². The highest BCUT2D eigenvalue weighted by Crippen LogP contribution is 2.25. The van der Waals surface area contributed by atoms with E-state index in [1.807, 2.05) is 0 Å². The molecule has 104 valence electrons. The Hall–Kier alpha value is -1.75. The molecule has 1 aliphatic rings. The van der Waals surface area contributed by atoms with E-state index < -0.39 is 0 Å². The number of rotatable bonds is 6. The Bertz CT molecular complexity index is 457. The average molecular weight is 262 g/mol. The lowest BCUT2D eigenvalue weighted by atomic mass is 10.1. The summed E-state index contributed by atoms with van der Waals surface area (Å²) in [6, 6.07) is 6.05. The maximum absolute atomic E-state index is 11.6. The van der Waals surface area contributed by atoms with Crippen molar-refractivity contribution in [3.8, 4) is 0 Å². The average Bonchev–Trinajstić information content (AvgIpc) is 3.24. The van der Waals surface area contributed by atoms with Crippen LogP contribution < -0.4 is 16.4 Å². The second kappa shape index (κ2) is 5.93. The van der Waals surface area contributed by atoms with Crippen molar-refractivity contribution in [2.24, 2.45) is 0 Å². The van der Waals surface area contributed by atoms with Gasteiger partial charge in [0.1, 0.15) is 0 Å². The van der Waals surface area contributed by atoms with Crippen molar-refractivity contribution < 1.29 is 4.79 Å². The number of hydrogen-bond acceptors (Lipinski definition) is 4. The van der Waals surface area contributed by atoms with Gasteiger partial charge in [-0.3, -0.25) is 4.79 Å². The summed E-state index contributed by atoms with van der Waals surface area (Å²) in [5.74, 6) is -0.0989. The van der Waals surface area contributed by atoms with E-state index in [1.54, 1.807) is 25.2 Å². The quantitative estimate of drug-likeness (QED) is 0.672. The van der Waals surface area contributed by atoms with E-state index in [-0.39, 0.29) is 5.91 Å². The lowest BCUT2D eigenvalue weighted by molar-refractivity contribution is 0.0963. The zero-order valence-electron chi connectivity index (χ0n) is 11.6. The van der Waals surface area contributed by atoms with Crippen molar-refractivity contribution in [1.82, 2.24) is 10.2 Å². The second-order valence-corrected chi connectivity index (χ2v) is 5.02. The fourth-order valence-corrected chi connectivity index (χ4v) is 2.06. The van der Waals surface area contributed by atoms with Crippen LogP contribution in [0.15, 0.2) is 18.2 Å². The minimum atomic E-state index is -0.0989. The molecule has 2 rings (SSSR count). The number of amides is 1. The summed E-state index contributed by atoms with van der Waals surface area (Å²) in [5, 5.41) is 5.91. The Morgan fingerprint density at radius 1 is 1.47 bits per heavy atom. The molecule has 1 fully saturated rings. The number of hydrogen-bond donors (Lipinski definition) is 3. The van der Waals surface area contributed by atoms with E-state index in [9.17, 15) is 4.79 Å². The van der Waals surface area contributed by atoms with Gasteiger partial charge in [-0.05, 0) is 38.1 Å². The van der Waals surface area contributed by atoms with Crippen LogP contribution in [0.1, 0.15) is 23.2 Å². The highest BCUT2D eigenvalue weighted by atomic mass is 16.1. The minimum absolute atomic E-state index is 0.0989. The first kappa shape index (κ1) is 13.7. The molecular formula is C14H22N4O. The highest BCUT2D eigenvalue weighted by Gasteiger charge is 2.25. The van der Waals surface area contributed by atoms with Crippen LogP contribution in [0.4, 0.5) is 11.4 Å². The van der Waals surface area contributed by atoms with Crippen molar-refractivity contribution >= 4 is 17.3 Å². The first-order valence-corrected chi connectivity index (χ1v) is 6.67. The number of nitrogen functional groups attached to an aromatic ring is 1. The van der Waals surface area contributed by atoms with Crippen LogP contribution in [-0.4, -0.2) is 44.0 Å². The standard InChI is InChI=1S/C14H22N4O/c1-16-14(19)10-3-6-12(15)13(9-10)17-7-8-18(2)11-4-5-11/h3,6,9,11,17H,4-5,7-8,15H2,1-2H3,(H,16,19). The number of anilines is 2. The summed E-state index contributed by atoms with van der Waals surface area (Å²) < 4.78 is 0. The number of carbonyl (C=O) groups excluding carboxylic acids is 1. The maximum Gasteiger partial charge on any atom is 0.251 e. The smallest absolute Gasteiger partial charge is 0.251 e. The van der Waals surface area contributed by atoms with Crippen LogP contribution >= 0.6 is 0 Å². The van der Waals surface area contributed by atoms with E-state index in [2.05, 4.69) is 22.6 Å². The minimum Gasteiger partial charge on any atom is -0.397 e. The van der Waals surface area contributed by atoms with Crippen molar-refractivity contribution in [3.63, 3.8) is 0 Å². The highest BCUT2D eigenvalue weighted by molar-refractivity contribution is 5.96. The molecule has 0 saturated heterocycles. The molecule has 1 aromatic rings. The summed E-state index contributed by atoms with van der Waals surface area (Å²) in [6.07, 6.45) is 2.62. The number of benzene rings is 1. The van der Waals surface area contributed by atoms with Gasteiger partial charge in [-0.1, -0.05) is 0 Å². The number of nitrogens with zero attached hydrogens (tertiary/aromatic N) is 1. The Balaban J connectivity index is 1.92. The van der Waals surface area contributed by atoms with E-state index >= 15 is 0 Å². The molecule has 0 bridgehead atoms. The SMILES string of the molecule is CNC(=O)c1ccc(N)c(NCCN(C)C2CC2)c1. The van der Waals surface area contributed by atoms with Gasteiger partial charge in [-0.2, -0.15) is 0 Å². The van der Waals surface area contributed by atoms with Crippen molar-refractivity contribution in [3.05, 3.63) is 23.8 Å². The Labute approximate surface area is 114 Å². The van der Waals surface area contributed by atoms with Gasteiger partial charge in [-0.15, -0.1) is 0 Å². The molecule has 5 heteroatoms. The molecule has 1 amide bonds. The van der Waals surface area contributed by atoms with Crippen molar-refractivity contribution in [2.45, 2.75) is 18.9 Å². The van der Waals surface area contributed by atoms with Gasteiger partial charge in [0.05, 0.1) is 11.4 Å². The van der Waals surface area contributed by atoms with E-state index in [1.165, 1.54) is 12.8 Å². The van der Waals surface area contributed by atoms with Gasteiger partial charge in [0, 0.05) is 31.7 Å². The number of nitrogens with one attached hydrogen (secondary N) is 2. The molecule has 0 aliphatic heterocycles. The fraction of sp³-hybridized carbons (Fsp3) is 0.500. The van der Waals surface area contributed by atoms with Crippen LogP contribution in [0.25, 0.3) is 0 Å². The summed E-state index contributed by atoms with van der Waals surface area (Å²) in [7, 11) is 3.76. The van der Waals surface area contributed by atoms with Crippen LogP contribution in [0, 0.1) is 0 Å². The van der Waals surface area contributed by atoms with Crippen LogP contribution in [-0.2, 0) is 0 Å². The number of nitrogens with two attached hydrogens (primary N) is 1. The molecule has 0 atom stereocenters. The molecule has 1 aliphatic carbocycles. The first-order valence-electron chi connectivity index (χ1n) is 6.67. The van der Waals surface area contributed by atoms with Gasteiger partial charge in [0.15, 0.2) is 0 Å². The molecule has 1 aromatic carbocycles. The third-order valence-electron chi connectivity index (χ3n) is 3.49. The molecular weight excluding hydrogens is 240 g/mol. The number of likely N-dealkylation sites (N-methyl/N-ethyl adjacent to an activating group) is 1. The molecule has 0 aromatic heterocycles. The largest absolute Gasteiger partial charge is 0.397 e. The predicted octanol–water partition coefficient (Wildman–Crippen LogP) is 1.13. The van der Waals surface area contributed by atoms with Gasteiger partial charge in [-0.25, -0.2) is 0 Å². The third-order valence-corrected chi connectivity index (χ3v) is 3.49. The first-order chi connectivity index (χ1) is 9.11. The van der Waals surface area contributed by atoms with Gasteiger partial charge in [0.25, 0.3) is 5.91 Å². The molecule has 0 radical (unpaired) electrons. The monoisotopic (exact) mass is 262 g/mol. The lowest BCUT2D eigenvalue weighted by Gasteiger charge is -2.17. The predicted molar refractivity (Wildman–Crippen MR) is 78.4 cm³/mol. The summed E-state index contributed by atoms with van der Waals surface area (Å²) >= 11 is 0. The van der Waals surface area contributed by atoms with Gasteiger partial charge in [0.2, 0.25) is 0 Å². The summed E-state index contributed by atoms with van der Waals surface area (Å²) in [5.41, 5.74) is 8.03. The van der Waals surface area contributed by atoms with Gasteiger partial charge < -0.3 is 21.3 Å². The van der Waals surface area contributed by atoms with Crippen molar-refractivity contribution in [1.29, 1.82) is 0 Å². The molecule has 4 N–H and O–H groups in total. The third kappa shape index (κ3) is 3.61. The zero-order valence-corrected chi connectivity index (χ0v) is 11.6. The summed E-state index contributed by atoms with van der Waals surface area (Å²) in [4.78, 5) is 13.9. The van der Waals surface area contributed by atoms with E-state index in [0.29, 0.717) is 11.3 Å². The maximum atomic E-state index is 11.6. The topological polar surface area (TPSA) is 70.4 Å². The summed E-state index contributed by atoms with van der Waals surface area (Å²) in [6.45, 7) is 1.81. The normalized spacial score (nSPS) is 14.5. The van der Waals surface area contributed by atoms with Crippen LogP contribution in [0.2, 0.25) is 0 Å². The molecule has 0 unspecified atom stereocenters. The Morgan fingerprint density at radius 2 is 2.21 bits per heavy atom. The number of carbonyl (C=O) groups is 1. The molecule has 0 heterocycles. The van der Waals surface area contributed by atoms with Crippen LogP contribution in [0.3, 0.4) is 0 Å². The lowest BCUT2D eigenvalue weighted by Crippen LogP contribution is -2.27. The zero-order chi connectivity index (χ0) is 13.8. The molecule has 0 spiro atoms. The molecule has 1 saturated carbocycles. The van der Waals surface area contributed by atoms with E-state index in [4.69, 9.17) is 5.73 Å². The molecule has 5 nitrogen and oxygen atoms in total. The Kier molecular flexibility index (Phi) is 4.27. The van der Waals surface area contributed by atoms with Crippen LogP contribution in [0.5, 0.6) is 0 Å². The van der Waals surface area contributed by atoms with Gasteiger partial charge >= 0.3 is 0 Å². The Morgan fingerprint density at radius 3 is 2.84 bits per heavy atom. The molecule has 19 heavy (non-hydrogen) atoms.